The topological polar surface area (TPSA) is 86.8 Å². The fourth-order valence-electron chi connectivity index (χ4n) is 4.17. The molecule has 0 bridgehead atoms. The Kier molecular flexibility index (Phi) is 10.4. The normalized spacial score (nSPS) is 12.0. The molecule has 7 nitrogen and oxygen atoms in total. The van der Waals surface area contributed by atoms with Crippen molar-refractivity contribution >= 4 is 55.1 Å². The molecule has 0 spiro atoms. The molecule has 202 valence electrons. The highest BCUT2D eigenvalue weighted by Gasteiger charge is 2.33. The average molecular weight is 621 g/mol. The fourth-order valence-corrected chi connectivity index (χ4v) is 5.75. The third kappa shape index (κ3) is 8.06. The van der Waals surface area contributed by atoms with Crippen LogP contribution in [0.15, 0.2) is 77.3 Å². The van der Waals surface area contributed by atoms with E-state index in [-0.39, 0.29) is 18.9 Å². The number of benzene rings is 3. The van der Waals surface area contributed by atoms with E-state index in [2.05, 4.69) is 21.2 Å². The molecule has 3 rings (SSSR count). The molecule has 0 fully saturated rings. The third-order valence-electron chi connectivity index (χ3n) is 5.97. The maximum absolute atomic E-state index is 14.0. The molecule has 0 heterocycles. The van der Waals surface area contributed by atoms with Crippen LogP contribution in [-0.2, 0) is 32.6 Å². The molecular weight excluding hydrogens is 590 g/mol. The van der Waals surface area contributed by atoms with Gasteiger partial charge in [0.05, 0.1) is 11.9 Å². The predicted octanol–water partition coefficient (Wildman–Crippen LogP) is 4.95. The summed E-state index contributed by atoms with van der Waals surface area (Å²) in [4.78, 5) is 28.8. The Bertz CT molecular complexity index is 1390. The molecule has 0 aliphatic heterocycles. The molecule has 38 heavy (non-hydrogen) atoms. The molecule has 10 heteroatoms. The zero-order valence-electron chi connectivity index (χ0n) is 21.5. The Hall–Kier alpha value is -2.88. The van der Waals surface area contributed by atoms with E-state index in [4.69, 9.17) is 11.6 Å². The Morgan fingerprint density at radius 2 is 1.68 bits per heavy atom. The number of likely N-dealkylation sites (N-methyl/N-ethyl adjacent to an activating group) is 1. The summed E-state index contributed by atoms with van der Waals surface area (Å²) in [6.07, 6.45) is 1.32. The van der Waals surface area contributed by atoms with Crippen molar-refractivity contribution in [3.8, 4) is 0 Å². The predicted molar refractivity (Wildman–Crippen MR) is 156 cm³/mol. The van der Waals surface area contributed by atoms with Crippen LogP contribution >= 0.6 is 27.5 Å². The van der Waals surface area contributed by atoms with Gasteiger partial charge in [0.2, 0.25) is 21.8 Å². The molecule has 0 aliphatic carbocycles. The SMILES string of the molecule is CCNC(=O)[C@@H](Cc1ccccc1)N(Cc1cccc(Br)c1)C(=O)CN(c1ccc(Cl)cc1C)S(C)(=O)=O. The number of carbonyl (C=O) groups is 2. The number of hydrogen-bond acceptors (Lipinski definition) is 4. The number of carbonyl (C=O) groups excluding carboxylic acids is 2. The smallest absolute Gasteiger partial charge is 0.244 e. The molecule has 0 saturated carbocycles. The fraction of sp³-hybridized carbons (Fsp3) is 0.286. The van der Waals surface area contributed by atoms with Crippen molar-refractivity contribution in [1.82, 2.24) is 10.2 Å². The van der Waals surface area contributed by atoms with Crippen LogP contribution in [0.4, 0.5) is 5.69 Å². The molecular formula is C28H31BrClN3O4S. The summed E-state index contributed by atoms with van der Waals surface area (Å²) in [5.74, 6) is -0.815. The first-order chi connectivity index (χ1) is 18.0. The number of anilines is 1. The number of sulfonamides is 1. The molecule has 0 radical (unpaired) electrons. The summed E-state index contributed by atoms with van der Waals surface area (Å²) < 4.78 is 27.6. The van der Waals surface area contributed by atoms with Crippen LogP contribution in [0.25, 0.3) is 0 Å². The van der Waals surface area contributed by atoms with Crippen LogP contribution in [-0.4, -0.2) is 50.5 Å². The summed E-state index contributed by atoms with van der Waals surface area (Å²) in [5, 5.41) is 3.30. The van der Waals surface area contributed by atoms with E-state index in [0.29, 0.717) is 22.8 Å². The number of nitrogens with zero attached hydrogens (tertiary/aromatic N) is 2. The number of aryl methyl sites for hydroxylation is 1. The van der Waals surface area contributed by atoms with Gasteiger partial charge in [-0.05, 0) is 60.9 Å². The van der Waals surface area contributed by atoms with E-state index in [1.54, 1.807) is 25.1 Å². The number of nitrogens with one attached hydrogen (secondary N) is 1. The second-order valence-corrected chi connectivity index (χ2v) is 12.2. The second kappa shape index (κ2) is 13.3. The zero-order chi connectivity index (χ0) is 27.9. The van der Waals surface area contributed by atoms with Gasteiger partial charge in [-0.1, -0.05) is 70.0 Å². The zero-order valence-corrected chi connectivity index (χ0v) is 24.7. The van der Waals surface area contributed by atoms with Gasteiger partial charge in [-0.3, -0.25) is 13.9 Å². The number of halogens is 2. The Morgan fingerprint density at radius 3 is 2.29 bits per heavy atom. The van der Waals surface area contributed by atoms with Gasteiger partial charge >= 0.3 is 0 Å². The monoisotopic (exact) mass is 619 g/mol. The van der Waals surface area contributed by atoms with Crippen molar-refractivity contribution in [2.75, 3.05) is 23.7 Å². The lowest BCUT2D eigenvalue weighted by molar-refractivity contribution is -0.140. The van der Waals surface area contributed by atoms with Crippen molar-refractivity contribution in [3.05, 3.63) is 99.0 Å². The van der Waals surface area contributed by atoms with Crippen LogP contribution in [0.3, 0.4) is 0 Å². The van der Waals surface area contributed by atoms with Crippen LogP contribution < -0.4 is 9.62 Å². The van der Waals surface area contributed by atoms with Crippen LogP contribution in [0.5, 0.6) is 0 Å². The van der Waals surface area contributed by atoms with E-state index in [0.717, 1.165) is 26.2 Å². The molecule has 3 aromatic rings. The summed E-state index contributed by atoms with van der Waals surface area (Å²) in [7, 11) is -3.84. The molecule has 1 N–H and O–H groups in total. The molecule has 3 aromatic carbocycles. The first-order valence-corrected chi connectivity index (χ1v) is 15.1. The first-order valence-electron chi connectivity index (χ1n) is 12.1. The van der Waals surface area contributed by atoms with Crippen molar-refractivity contribution in [3.63, 3.8) is 0 Å². The Balaban J connectivity index is 2.06. The molecule has 1 atom stereocenters. The maximum atomic E-state index is 14.0. The van der Waals surface area contributed by atoms with Gasteiger partial charge in [0.15, 0.2) is 0 Å². The molecule has 2 amide bonds. The molecule has 0 aromatic heterocycles. The standard InChI is InChI=1S/C28H31BrClN3O4S/c1-4-31-28(35)26(17-21-9-6-5-7-10-21)32(18-22-11-8-12-23(29)16-22)27(34)19-33(38(3,36)37)25-14-13-24(30)15-20(25)2/h5-16,26H,4,17-19H2,1-3H3,(H,31,35)/t26-/m1/s1. The van der Waals surface area contributed by atoms with E-state index in [9.17, 15) is 18.0 Å². The molecule has 0 unspecified atom stereocenters. The lowest BCUT2D eigenvalue weighted by Crippen LogP contribution is -2.53. The minimum absolute atomic E-state index is 0.115. The largest absolute Gasteiger partial charge is 0.355 e. The highest BCUT2D eigenvalue weighted by atomic mass is 79.9. The minimum Gasteiger partial charge on any atom is -0.355 e. The third-order valence-corrected chi connectivity index (χ3v) is 7.83. The van der Waals surface area contributed by atoms with Gasteiger partial charge in [-0.25, -0.2) is 8.42 Å². The number of hydrogen-bond donors (Lipinski definition) is 1. The highest BCUT2D eigenvalue weighted by molar-refractivity contribution is 9.10. The van der Waals surface area contributed by atoms with Gasteiger partial charge in [0.1, 0.15) is 12.6 Å². The van der Waals surface area contributed by atoms with E-state index in [1.807, 2.05) is 61.5 Å². The highest BCUT2D eigenvalue weighted by Crippen LogP contribution is 2.26. The average Bonchev–Trinajstić information content (AvgIpc) is 2.85. The van der Waals surface area contributed by atoms with E-state index >= 15 is 0 Å². The van der Waals surface area contributed by atoms with Gasteiger partial charge in [0.25, 0.3) is 0 Å². The summed E-state index contributed by atoms with van der Waals surface area (Å²) >= 11 is 9.55. The quantitative estimate of drug-likeness (QED) is 0.329. The number of amides is 2. The van der Waals surface area contributed by atoms with Gasteiger partial charge in [-0.15, -0.1) is 0 Å². The second-order valence-electron chi connectivity index (χ2n) is 8.95. The van der Waals surface area contributed by atoms with Gasteiger partial charge in [-0.2, -0.15) is 0 Å². The first kappa shape index (κ1) is 29.7. The Labute approximate surface area is 238 Å². The maximum Gasteiger partial charge on any atom is 0.244 e. The van der Waals surface area contributed by atoms with Gasteiger partial charge < -0.3 is 10.2 Å². The summed E-state index contributed by atoms with van der Waals surface area (Å²) in [5.41, 5.74) is 2.64. The van der Waals surface area contributed by atoms with Crippen LogP contribution in [0.1, 0.15) is 23.6 Å². The lowest BCUT2D eigenvalue weighted by atomic mass is 10.0. The van der Waals surface area contributed by atoms with Crippen molar-refractivity contribution in [2.45, 2.75) is 32.9 Å². The van der Waals surface area contributed by atoms with Gasteiger partial charge in [0, 0.05) is 29.0 Å². The van der Waals surface area contributed by atoms with Crippen LogP contribution in [0.2, 0.25) is 5.02 Å². The van der Waals surface area contributed by atoms with E-state index < -0.39 is 28.5 Å². The lowest BCUT2D eigenvalue weighted by Gasteiger charge is -2.33. The van der Waals surface area contributed by atoms with Crippen molar-refractivity contribution < 1.29 is 18.0 Å². The number of rotatable bonds is 11. The summed E-state index contributed by atoms with van der Waals surface area (Å²) in [6, 6.07) is 20.8. The van der Waals surface area contributed by atoms with Crippen molar-refractivity contribution in [2.24, 2.45) is 0 Å². The van der Waals surface area contributed by atoms with Crippen molar-refractivity contribution in [1.29, 1.82) is 0 Å². The molecule has 0 saturated heterocycles. The minimum atomic E-state index is -3.84. The van der Waals surface area contributed by atoms with E-state index in [1.165, 1.54) is 4.90 Å². The van der Waals surface area contributed by atoms with Crippen LogP contribution in [0, 0.1) is 6.92 Å². The molecule has 0 aliphatic rings. The Morgan fingerprint density at radius 1 is 1.00 bits per heavy atom. The summed E-state index contributed by atoms with van der Waals surface area (Å²) in [6.45, 7) is 3.58.